The summed E-state index contributed by atoms with van der Waals surface area (Å²) in [7, 11) is 1.32. The predicted molar refractivity (Wildman–Crippen MR) is 124 cm³/mol. The van der Waals surface area contributed by atoms with Gasteiger partial charge < -0.3 is 25.0 Å². The van der Waals surface area contributed by atoms with Crippen molar-refractivity contribution in [1.29, 1.82) is 0 Å². The Morgan fingerprint density at radius 3 is 2.34 bits per heavy atom. The number of fused-ring (bicyclic) bond motifs is 3. The van der Waals surface area contributed by atoms with E-state index >= 15 is 0 Å². The van der Waals surface area contributed by atoms with Gasteiger partial charge in [0, 0.05) is 18.7 Å². The van der Waals surface area contributed by atoms with Crippen molar-refractivity contribution < 1.29 is 38.9 Å². The Bertz CT molecular complexity index is 1330. The largest absolute Gasteiger partial charge is 0.508 e. The highest BCUT2D eigenvalue weighted by atomic mass is 16.5. The quantitative estimate of drug-likeness (QED) is 0.556. The SMILES string of the molecule is COc1cc(O)c2c(c1C(=O)NCc1c(C)cc(O)cc1C)OC1=CC(=O)C(C(C)=O)C(=O)[C@]12C. The van der Waals surface area contributed by atoms with Crippen LogP contribution in [0.3, 0.4) is 0 Å². The molecule has 1 amide bonds. The van der Waals surface area contributed by atoms with Crippen LogP contribution in [0.1, 0.15) is 46.5 Å². The van der Waals surface area contributed by atoms with Crippen LogP contribution in [0.2, 0.25) is 0 Å². The van der Waals surface area contributed by atoms with Crippen molar-refractivity contribution in [1.82, 2.24) is 5.32 Å². The summed E-state index contributed by atoms with van der Waals surface area (Å²) in [6.07, 6.45) is 1.07. The molecule has 4 rings (SSSR count). The number of carbonyl (C=O) groups excluding carboxylic acids is 4. The van der Waals surface area contributed by atoms with E-state index in [1.807, 2.05) is 13.8 Å². The van der Waals surface area contributed by atoms with Gasteiger partial charge in [0.2, 0.25) is 0 Å². The van der Waals surface area contributed by atoms with Crippen LogP contribution in [-0.2, 0) is 26.3 Å². The minimum Gasteiger partial charge on any atom is -0.508 e. The summed E-state index contributed by atoms with van der Waals surface area (Å²) in [5.41, 5.74) is 0.672. The molecule has 1 unspecified atom stereocenters. The average Bonchev–Trinajstić information content (AvgIpc) is 3.06. The molecular formula is C26H25NO8. The van der Waals surface area contributed by atoms with E-state index < -0.39 is 34.6 Å². The third-order valence-electron chi connectivity index (χ3n) is 6.70. The van der Waals surface area contributed by atoms with E-state index in [-0.39, 0.29) is 46.4 Å². The van der Waals surface area contributed by atoms with Gasteiger partial charge in [0.1, 0.15) is 45.7 Å². The number of ketones is 3. The number of hydrogen-bond acceptors (Lipinski definition) is 8. The maximum absolute atomic E-state index is 13.4. The van der Waals surface area contributed by atoms with Gasteiger partial charge in [0.15, 0.2) is 17.3 Å². The number of allylic oxidation sites excluding steroid dienone is 2. The first-order valence-corrected chi connectivity index (χ1v) is 10.9. The fraction of sp³-hybridized carbons (Fsp3) is 0.308. The van der Waals surface area contributed by atoms with E-state index in [0.717, 1.165) is 29.7 Å². The lowest BCUT2D eigenvalue weighted by molar-refractivity contribution is -0.140. The van der Waals surface area contributed by atoms with E-state index in [1.54, 1.807) is 12.1 Å². The Balaban J connectivity index is 1.80. The third-order valence-corrected chi connectivity index (χ3v) is 6.70. The van der Waals surface area contributed by atoms with Crippen LogP contribution in [0, 0.1) is 19.8 Å². The molecule has 0 saturated carbocycles. The minimum absolute atomic E-state index is 0.00244. The van der Waals surface area contributed by atoms with Crippen LogP contribution in [0.15, 0.2) is 30.0 Å². The van der Waals surface area contributed by atoms with Crippen molar-refractivity contribution in [3.05, 3.63) is 57.9 Å². The van der Waals surface area contributed by atoms with Crippen LogP contribution in [0.4, 0.5) is 0 Å². The number of ether oxygens (including phenoxy) is 2. The molecule has 182 valence electrons. The van der Waals surface area contributed by atoms with Crippen molar-refractivity contribution >= 4 is 23.3 Å². The van der Waals surface area contributed by atoms with Gasteiger partial charge in [-0.3, -0.25) is 19.2 Å². The zero-order valence-electron chi connectivity index (χ0n) is 19.9. The van der Waals surface area contributed by atoms with Gasteiger partial charge in [-0.2, -0.15) is 0 Å². The summed E-state index contributed by atoms with van der Waals surface area (Å²) >= 11 is 0. The molecule has 0 aromatic heterocycles. The second kappa shape index (κ2) is 8.26. The first-order valence-electron chi connectivity index (χ1n) is 10.9. The third kappa shape index (κ3) is 3.54. The van der Waals surface area contributed by atoms with Crippen LogP contribution >= 0.6 is 0 Å². The number of hydrogen-bond donors (Lipinski definition) is 3. The summed E-state index contributed by atoms with van der Waals surface area (Å²) in [6, 6.07) is 4.37. The number of aryl methyl sites for hydroxylation is 2. The number of carbonyl (C=O) groups is 4. The number of Topliss-reactive ketones (excluding diaryl/α,β-unsaturated/α-hetero) is 2. The molecule has 0 bridgehead atoms. The minimum atomic E-state index is -1.63. The molecule has 0 spiro atoms. The van der Waals surface area contributed by atoms with Crippen molar-refractivity contribution in [2.24, 2.45) is 5.92 Å². The molecule has 0 fully saturated rings. The number of amides is 1. The topological polar surface area (TPSA) is 139 Å². The Hall–Kier alpha value is -4.14. The Morgan fingerprint density at radius 1 is 1.14 bits per heavy atom. The van der Waals surface area contributed by atoms with Gasteiger partial charge in [-0.1, -0.05) is 0 Å². The van der Waals surface area contributed by atoms with Crippen LogP contribution < -0.4 is 14.8 Å². The van der Waals surface area contributed by atoms with Crippen molar-refractivity contribution in [2.75, 3.05) is 7.11 Å². The van der Waals surface area contributed by atoms with Gasteiger partial charge in [-0.05, 0) is 56.5 Å². The van der Waals surface area contributed by atoms with Gasteiger partial charge in [-0.15, -0.1) is 0 Å². The number of nitrogens with one attached hydrogen (secondary N) is 1. The maximum atomic E-state index is 13.4. The molecule has 3 N–H and O–H groups in total. The highest BCUT2D eigenvalue weighted by molar-refractivity contribution is 6.27. The van der Waals surface area contributed by atoms with E-state index in [1.165, 1.54) is 20.1 Å². The summed E-state index contributed by atoms with van der Waals surface area (Å²) in [6.45, 7) is 6.34. The average molecular weight is 479 g/mol. The molecule has 0 radical (unpaired) electrons. The normalized spacial score (nSPS) is 20.5. The molecule has 1 aliphatic heterocycles. The number of phenolic OH excluding ortho intramolecular Hbond substituents is 2. The van der Waals surface area contributed by atoms with Crippen LogP contribution in [-0.4, -0.2) is 40.6 Å². The Labute approximate surface area is 201 Å². The number of rotatable bonds is 5. The smallest absolute Gasteiger partial charge is 0.259 e. The summed E-state index contributed by atoms with van der Waals surface area (Å²) < 4.78 is 11.2. The van der Waals surface area contributed by atoms with E-state index in [0.29, 0.717) is 0 Å². The number of phenols is 2. The second-order valence-corrected chi connectivity index (χ2v) is 8.96. The molecule has 2 aliphatic rings. The Kier molecular flexibility index (Phi) is 5.67. The fourth-order valence-corrected chi connectivity index (χ4v) is 4.86. The molecule has 9 nitrogen and oxygen atoms in total. The Morgan fingerprint density at radius 2 is 1.77 bits per heavy atom. The molecule has 1 heterocycles. The van der Waals surface area contributed by atoms with E-state index in [4.69, 9.17) is 9.47 Å². The zero-order chi connectivity index (χ0) is 25.8. The lowest BCUT2D eigenvalue weighted by atomic mass is 9.67. The number of benzene rings is 2. The van der Waals surface area contributed by atoms with Crippen LogP contribution in [0.5, 0.6) is 23.0 Å². The summed E-state index contributed by atoms with van der Waals surface area (Å²) in [4.78, 5) is 51.2. The molecule has 2 aromatic rings. The van der Waals surface area contributed by atoms with Gasteiger partial charge in [0.25, 0.3) is 5.91 Å². The molecule has 9 heteroatoms. The van der Waals surface area contributed by atoms with Crippen LogP contribution in [0.25, 0.3) is 0 Å². The van der Waals surface area contributed by atoms with Crippen molar-refractivity contribution in [3.63, 3.8) is 0 Å². The van der Waals surface area contributed by atoms with Gasteiger partial charge >= 0.3 is 0 Å². The predicted octanol–water partition coefficient (Wildman–Crippen LogP) is 2.54. The lowest BCUT2D eigenvalue weighted by Crippen LogP contribution is -2.47. The zero-order valence-corrected chi connectivity index (χ0v) is 19.9. The van der Waals surface area contributed by atoms with E-state index in [9.17, 15) is 29.4 Å². The highest BCUT2D eigenvalue weighted by Gasteiger charge is 2.58. The highest BCUT2D eigenvalue weighted by Crippen LogP contribution is 2.56. The monoisotopic (exact) mass is 479 g/mol. The summed E-state index contributed by atoms with van der Waals surface area (Å²) in [5, 5.41) is 23.4. The first-order chi connectivity index (χ1) is 16.4. The molecular weight excluding hydrogens is 454 g/mol. The molecule has 1 aliphatic carbocycles. The van der Waals surface area contributed by atoms with Crippen molar-refractivity contribution in [2.45, 2.75) is 39.7 Å². The molecule has 0 saturated heterocycles. The first kappa shape index (κ1) is 24.0. The number of aromatic hydroxyl groups is 2. The maximum Gasteiger partial charge on any atom is 0.259 e. The van der Waals surface area contributed by atoms with Gasteiger partial charge in [-0.25, -0.2) is 0 Å². The molecule has 2 aromatic carbocycles. The van der Waals surface area contributed by atoms with Gasteiger partial charge in [0.05, 0.1) is 12.7 Å². The molecule has 2 atom stereocenters. The second-order valence-electron chi connectivity index (χ2n) is 8.96. The lowest BCUT2D eigenvalue weighted by Gasteiger charge is -2.30. The molecule has 35 heavy (non-hydrogen) atoms. The fourth-order valence-electron chi connectivity index (χ4n) is 4.86. The summed E-state index contributed by atoms with van der Waals surface area (Å²) in [5.74, 6) is -4.60. The van der Waals surface area contributed by atoms with E-state index in [2.05, 4.69) is 5.32 Å². The number of methoxy groups -OCH3 is 1. The van der Waals surface area contributed by atoms with Crippen molar-refractivity contribution in [3.8, 4) is 23.0 Å². The standard InChI is InChI=1S/C26H25NO8/c1-11-6-14(29)7-12(2)15(11)10-27-25(33)21-18(34-5)8-17(31)22-23(21)35-19-9-16(30)20(13(3)28)24(32)26(19,22)4/h6-9,20,29,31H,10H2,1-5H3,(H,27,33)/t20?,26-/m1/s1.